The maximum Gasteiger partial charge on any atom is 0.408 e. The van der Waals surface area contributed by atoms with Gasteiger partial charge in [0.1, 0.15) is 6.04 Å². The molecule has 0 spiro atoms. The summed E-state index contributed by atoms with van der Waals surface area (Å²) in [5.74, 6) is 0.462. The molecule has 0 unspecified atom stereocenters. The molecule has 1 heterocycles. The van der Waals surface area contributed by atoms with Crippen LogP contribution in [0.15, 0.2) is 6.08 Å². The van der Waals surface area contributed by atoms with Gasteiger partial charge in [-0.1, -0.05) is 0 Å². The number of aliphatic hydroxyl groups is 1. The van der Waals surface area contributed by atoms with Gasteiger partial charge in [0.15, 0.2) is 5.82 Å². The molecule has 0 amide bonds. The summed E-state index contributed by atoms with van der Waals surface area (Å²) in [6, 6.07) is -1.72. The lowest BCUT2D eigenvalue weighted by molar-refractivity contribution is -0.144. The molecule has 25 heavy (non-hydrogen) atoms. The molecule has 2 N–H and O–H groups in total. The first-order chi connectivity index (χ1) is 11.6. The summed E-state index contributed by atoms with van der Waals surface area (Å²) in [5, 5.41) is 12.8. The van der Waals surface area contributed by atoms with Gasteiger partial charge in [-0.05, 0) is 51.7 Å². The SMILES string of the molecule is CC(C)Nc1nc(C2=C[C@H](O)CCC2)nc(N(C)[C@@H](C)C(F)(F)F)n1. The molecule has 1 aliphatic carbocycles. The van der Waals surface area contributed by atoms with E-state index >= 15 is 0 Å². The first kappa shape index (κ1) is 19.4. The van der Waals surface area contributed by atoms with Crippen LogP contribution in [0.4, 0.5) is 25.1 Å². The predicted octanol–water partition coefficient (Wildman–Crippen LogP) is 3.01. The standard InChI is InChI=1S/C16H24F3N5O/c1-9(2)20-14-21-13(11-6-5-7-12(25)8-11)22-15(23-14)24(4)10(3)16(17,18)19/h8-10,12,25H,5-7H2,1-4H3,(H,20,21,22,23)/t10-,12+/m0/s1. The minimum Gasteiger partial charge on any atom is -0.389 e. The average molecular weight is 359 g/mol. The Kier molecular flexibility index (Phi) is 5.87. The van der Waals surface area contributed by atoms with Crippen LogP contribution >= 0.6 is 0 Å². The van der Waals surface area contributed by atoms with E-state index in [1.807, 2.05) is 13.8 Å². The lowest BCUT2D eigenvalue weighted by Crippen LogP contribution is -2.42. The van der Waals surface area contributed by atoms with Crippen molar-refractivity contribution in [1.82, 2.24) is 15.0 Å². The van der Waals surface area contributed by atoms with E-state index in [2.05, 4.69) is 20.3 Å². The zero-order chi connectivity index (χ0) is 18.8. The molecular formula is C16H24F3N5O. The molecule has 1 aromatic heterocycles. The molecule has 0 saturated heterocycles. The van der Waals surface area contributed by atoms with E-state index in [4.69, 9.17) is 0 Å². The van der Waals surface area contributed by atoms with E-state index in [-0.39, 0.29) is 17.9 Å². The Labute approximate surface area is 145 Å². The highest BCUT2D eigenvalue weighted by Crippen LogP contribution is 2.29. The van der Waals surface area contributed by atoms with Gasteiger partial charge in [0.2, 0.25) is 11.9 Å². The number of aromatic nitrogens is 3. The van der Waals surface area contributed by atoms with E-state index in [0.29, 0.717) is 18.7 Å². The average Bonchev–Trinajstić information content (AvgIpc) is 2.51. The Morgan fingerprint density at radius 1 is 1.24 bits per heavy atom. The molecule has 0 radical (unpaired) electrons. The molecule has 0 aromatic carbocycles. The minimum absolute atomic E-state index is 0.0133. The van der Waals surface area contributed by atoms with Gasteiger partial charge >= 0.3 is 6.18 Å². The van der Waals surface area contributed by atoms with Crippen LogP contribution in [0, 0.1) is 0 Å². The topological polar surface area (TPSA) is 74.2 Å². The quantitative estimate of drug-likeness (QED) is 0.842. The summed E-state index contributed by atoms with van der Waals surface area (Å²) in [5.41, 5.74) is 0.724. The Morgan fingerprint density at radius 3 is 2.48 bits per heavy atom. The fourth-order valence-corrected chi connectivity index (χ4v) is 2.47. The molecule has 9 heteroatoms. The predicted molar refractivity (Wildman–Crippen MR) is 90.3 cm³/mol. The van der Waals surface area contributed by atoms with Gasteiger partial charge in [0, 0.05) is 13.1 Å². The van der Waals surface area contributed by atoms with Crippen LogP contribution in [-0.2, 0) is 0 Å². The number of anilines is 2. The Balaban J connectivity index is 2.43. The maximum atomic E-state index is 13.0. The summed E-state index contributed by atoms with van der Waals surface area (Å²) < 4.78 is 39.1. The number of aliphatic hydroxyl groups excluding tert-OH is 1. The zero-order valence-electron chi connectivity index (χ0n) is 14.8. The summed E-state index contributed by atoms with van der Waals surface area (Å²) in [7, 11) is 1.31. The van der Waals surface area contributed by atoms with Gasteiger partial charge in [-0.3, -0.25) is 0 Å². The van der Waals surface area contributed by atoms with Crippen molar-refractivity contribution in [2.24, 2.45) is 0 Å². The van der Waals surface area contributed by atoms with Crippen LogP contribution in [-0.4, -0.2) is 51.5 Å². The van der Waals surface area contributed by atoms with Gasteiger partial charge in [-0.25, -0.2) is 0 Å². The molecule has 0 aliphatic heterocycles. The summed E-state index contributed by atoms with van der Waals surface area (Å²) in [6.07, 6.45) is -1.22. The van der Waals surface area contributed by atoms with Crippen LogP contribution in [0.2, 0.25) is 0 Å². The second-order valence-corrected chi connectivity index (χ2v) is 6.56. The monoisotopic (exact) mass is 359 g/mol. The number of rotatable bonds is 5. The number of nitrogens with one attached hydrogen (secondary N) is 1. The van der Waals surface area contributed by atoms with Gasteiger partial charge in [0.05, 0.1) is 6.10 Å². The molecule has 1 aliphatic rings. The zero-order valence-corrected chi connectivity index (χ0v) is 14.8. The number of nitrogens with zero attached hydrogens (tertiary/aromatic N) is 4. The summed E-state index contributed by atoms with van der Waals surface area (Å²) >= 11 is 0. The van der Waals surface area contributed by atoms with Crippen molar-refractivity contribution in [2.75, 3.05) is 17.3 Å². The number of hydrogen-bond acceptors (Lipinski definition) is 6. The fourth-order valence-electron chi connectivity index (χ4n) is 2.47. The first-order valence-corrected chi connectivity index (χ1v) is 8.29. The van der Waals surface area contributed by atoms with E-state index < -0.39 is 18.3 Å². The van der Waals surface area contributed by atoms with Gasteiger partial charge < -0.3 is 15.3 Å². The van der Waals surface area contributed by atoms with Crippen molar-refractivity contribution < 1.29 is 18.3 Å². The second-order valence-electron chi connectivity index (χ2n) is 6.56. The van der Waals surface area contributed by atoms with E-state index in [9.17, 15) is 18.3 Å². The molecule has 1 aromatic rings. The highest BCUT2D eigenvalue weighted by Gasteiger charge is 2.40. The number of hydrogen-bond donors (Lipinski definition) is 2. The van der Waals surface area contributed by atoms with E-state index in [0.717, 1.165) is 23.8 Å². The van der Waals surface area contributed by atoms with Gasteiger partial charge in [-0.2, -0.15) is 28.1 Å². The number of halogens is 3. The van der Waals surface area contributed by atoms with Crippen LogP contribution in [0.3, 0.4) is 0 Å². The molecule has 2 atom stereocenters. The van der Waals surface area contributed by atoms with Crippen molar-refractivity contribution >= 4 is 17.5 Å². The van der Waals surface area contributed by atoms with Crippen molar-refractivity contribution in [1.29, 1.82) is 0 Å². The van der Waals surface area contributed by atoms with Gasteiger partial charge in [-0.15, -0.1) is 0 Å². The summed E-state index contributed by atoms with van der Waals surface area (Å²) in [4.78, 5) is 13.6. The largest absolute Gasteiger partial charge is 0.408 e. The van der Waals surface area contributed by atoms with Crippen LogP contribution < -0.4 is 10.2 Å². The Morgan fingerprint density at radius 2 is 1.92 bits per heavy atom. The van der Waals surface area contributed by atoms with E-state index in [1.54, 1.807) is 6.08 Å². The molecule has 0 saturated carbocycles. The lowest BCUT2D eigenvalue weighted by atomic mass is 9.97. The smallest absolute Gasteiger partial charge is 0.389 e. The molecular weight excluding hydrogens is 335 g/mol. The van der Waals surface area contributed by atoms with Crippen molar-refractivity contribution in [2.45, 2.75) is 64.4 Å². The van der Waals surface area contributed by atoms with E-state index in [1.165, 1.54) is 7.05 Å². The molecule has 2 rings (SSSR count). The van der Waals surface area contributed by atoms with Crippen molar-refractivity contribution in [3.05, 3.63) is 11.9 Å². The third-order valence-electron chi connectivity index (χ3n) is 4.04. The van der Waals surface area contributed by atoms with Crippen LogP contribution in [0.25, 0.3) is 5.57 Å². The molecule has 0 bridgehead atoms. The highest BCUT2D eigenvalue weighted by molar-refractivity contribution is 5.63. The van der Waals surface area contributed by atoms with Crippen molar-refractivity contribution in [3.8, 4) is 0 Å². The molecule has 140 valence electrons. The highest BCUT2D eigenvalue weighted by atomic mass is 19.4. The normalized spacial score (nSPS) is 19.6. The fraction of sp³-hybridized carbons (Fsp3) is 0.688. The second kappa shape index (κ2) is 7.55. The lowest BCUT2D eigenvalue weighted by Gasteiger charge is -2.27. The molecule has 6 nitrogen and oxygen atoms in total. The minimum atomic E-state index is -4.40. The molecule has 0 fully saturated rings. The van der Waals surface area contributed by atoms with Gasteiger partial charge in [0.25, 0.3) is 0 Å². The Hall–Kier alpha value is -1.90. The first-order valence-electron chi connectivity index (χ1n) is 8.29. The third kappa shape index (κ3) is 5.04. The Bertz CT molecular complexity index is 633. The van der Waals surface area contributed by atoms with Crippen LogP contribution in [0.5, 0.6) is 0 Å². The van der Waals surface area contributed by atoms with Crippen molar-refractivity contribution in [3.63, 3.8) is 0 Å². The number of alkyl halides is 3. The third-order valence-corrected chi connectivity index (χ3v) is 4.04. The van der Waals surface area contributed by atoms with Crippen LogP contribution in [0.1, 0.15) is 45.9 Å². The summed E-state index contributed by atoms with van der Waals surface area (Å²) in [6.45, 7) is 4.83. The number of allylic oxidation sites excluding steroid dienone is 1. The maximum absolute atomic E-state index is 13.0.